The third-order valence-electron chi connectivity index (χ3n) is 6.52. The minimum Gasteiger partial charge on any atom is -0.487 e. The highest BCUT2D eigenvalue weighted by Crippen LogP contribution is 2.35. The fraction of sp³-hybridized carbons (Fsp3) is 0.250. The molecular weight excluding hydrogens is 588 g/mol. The van der Waals surface area contributed by atoms with E-state index in [4.69, 9.17) is 4.74 Å². The minimum absolute atomic E-state index is 0.143. The Hall–Kier alpha value is -3.17. The minimum atomic E-state index is -3.68. The summed E-state index contributed by atoms with van der Waals surface area (Å²) in [5, 5.41) is 12.1. The van der Waals surface area contributed by atoms with Gasteiger partial charge in [0.15, 0.2) is 0 Å². The molecule has 0 saturated carbocycles. The molecule has 210 valence electrons. The van der Waals surface area contributed by atoms with E-state index in [1.165, 1.54) is 10.6 Å². The molecule has 0 fully saturated rings. The van der Waals surface area contributed by atoms with Crippen molar-refractivity contribution in [3.05, 3.63) is 131 Å². The summed E-state index contributed by atoms with van der Waals surface area (Å²) in [5.74, 6) is 0.433. The lowest BCUT2D eigenvalue weighted by atomic mass is 10.1. The molecule has 0 bridgehead atoms. The molecule has 0 saturated heterocycles. The van der Waals surface area contributed by atoms with Gasteiger partial charge in [-0.3, -0.25) is 9.21 Å². The van der Waals surface area contributed by atoms with E-state index in [2.05, 4.69) is 33.0 Å². The van der Waals surface area contributed by atoms with Gasteiger partial charge in [0, 0.05) is 25.0 Å². The van der Waals surface area contributed by atoms with E-state index < -0.39 is 16.1 Å². The topological polar surface area (TPSA) is 70.1 Å². The quantitative estimate of drug-likeness (QED) is 0.171. The van der Waals surface area contributed by atoms with Gasteiger partial charge in [-0.25, -0.2) is 8.42 Å². The Morgan fingerprint density at radius 3 is 1.90 bits per heavy atom. The van der Waals surface area contributed by atoms with E-state index >= 15 is 0 Å². The van der Waals surface area contributed by atoms with Crippen LogP contribution in [0, 0.1) is 0 Å². The fourth-order valence-corrected chi connectivity index (χ4v) is 5.86. The SMILES string of the molecule is CS(=O)(=O)N(Cc1ccccc1)c1cc(C(O)CN(CCBr)Cc2ccccc2)ccc1OCc1ccccc1. The summed E-state index contributed by atoms with van der Waals surface area (Å²) in [6.45, 7) is 2.26. The number of hydrogen-bond acceptors (Lipinski definition) is 5. The first-order valence-electron chi connectivity index (χ1n) is 13.2. The number of aliphatic hydroxyl groups is 1. The molecule has 8 heteroatoms. The van der Waals surface area contributed by atoms with E-state index in [1.54, 1.807) is 12.1 Å². The van der Waals surface area contributed by atoms with Gasteiger partial charge in [0.25, 0.3) is 0 Å². The molecule has 0 aliphatic heterocycles. The Labute approximate surface area is 246 Å². The third-order valence-corrected chi connectivity index (χ3v) is 8.00. The highest BCUT2D eigenvalue weighted by atomic mass is 79.9. The average Bonchev–Trinajstić information content (AvgIpc) is 2.96. The lowest BCUT2D eigenvalue weighted by Gasteiger charge is -2.28. The molecule has 4 aromatic rings. The highest BCUT2D eigenvalue weighted by Gasteiger charge is 2.24. The summed E-state index contributed by atoms with van der Waals surface area (Å²) < 4.78 is 33.7. The molecule has 1 unspecified atom stereocenters. The summed E-state index contributed by atoms with van der Waals surface area (Å²) in [5.41, 5.74) is 3.99. The van der Waals surface area contributed by atoms with Crippen molar-refractivity contribution in [2.45, 2.75) is 25.8 Å². The number of alkyl halides is 1. The number of hydrogen-bond donors (Lipinski definition) is 1. The standard InChI is InChI=1S/C32H35BrN2O4S/c1-40(37,38)35(23-27-13-7-3-8-14-27)30-21-29(17-18-32(30)39-25-28-15-9-4-10-16-28)31(36)24-34(20-19-33)22-26-11-5-2-6-12-26/h2-18,21,31,36H,19-20,22-25H2,1H3. The Morgan fingerprint density at radius 2 is 1.35 bits per heavy atom. The molecule has 0 aliphatic rings. The van der Waals surface area contributed by atoms with Crippen LogP contribution in [0.1, 0.15) is 28.4 Å². The smallest absolute Gasteiger partial charge is 0.232 e. The maximum atomic E-state index is 13.1. The van der Waals surface area contributed by atoms with Crippen LogP contribution in [0.3, 0.4) is 0 Å². The number of anilines is 1. The lowest BCUT2D eigenvalue weighted by molar-refractivity contribution is 0.113. The fourth-order valence-electron chi connectivity index (χ4n) is 4.47. The van der Waals surface area contributed by atoms with Crippen LogP contribution >= 0.6 is 15.9 Å². The van der Waals surface area contributed by atoms with Crippen LogP contribution in [-0.2, 0) is 29.7 Å². The number of rotatable bonds is 14. The molecule has 40 heavy (non-hydrogen) atoms. The van der Waals surface area contributed by atoms with Gasteiger partial charge >= 0.3 is 0 Å². The second kappa shape index (κ2) is 14.5. The van der Waals surface area contributed by atoms with Crippen molar-refractivity contribution in [2.75, 3.05) is 29.0 Å². The van der Waals surface area contributed by atoms with Gasteiger partial charge in [0.2, 0.25) is 10.0 Å². The molecule has 4 rings (SSSR count). The van der Waals surface area contributed by atoms with Crippen LogP contribution in [0.25, 0.3) is 0 Å². The van der Waals surface area contributed by atoms with Crippen molar-refractivity contribution in [3.63, 3.8) is 0 Å². The highest BCUT2D eigenvalue weighted by molar-refractivity contribution is 9.09. The first kappa shape index (κ1) is 29.8. The second-order valence-corrected chi connectivity index (χ2v) is 12.4. The molecule has 0 amide bonds. The van der Waals surface area contributed by atoms with Gasteiger partial charge in [0.1, 0.15) is 12.4 Å². The van der Waals surface area contributed by atoms with E-state index in [9.17, 15) is 13.5 Å². The van der Waals surface area contributed by atoms with Crippen LogP contribution in [0.4, 0.5) is 5.69 Å². The second-order valence-electron chi connectivity index (χ2n) is 9.68. The molecule has 0 aliphatic carbocycles. The Bertz CT molecular complexity index is 1440. The Morgan fingerprint density at radius 1 is 0.800 bits per heavy atom. The van der Waals surface area contributed by atoms with Crippen LogP contribution < -0.4 is 9.04 Å². The zero-order valence-corrected chi connectivity index (χ0v) is 25.0. The monoisotopic (exact) mass is 622 g/mol. The molecular formula is C32H35BrN2O4S. The number of benzene rings is 4. The number of ether oxygens (including phenoxy) is 1. The molecule has 1 atom stereocenters. The summed E-state index contributed by atoms with van der Waals surface area (Å²) in [7, 11) is -3.68. The van der Waals surface area contributed by atoms with E-state index in [1.807, 2.05) is 84.9 Å². The van der Waals surface area contributed by atoms with Crippen LogP contribution in [-0.4, -0.2) is 43.1 Å². The van der Waals surface area contributed by atoms with Crippen molar-refractivity contribution in [1.82, 2.24) is 4.90 Å². The van der Waals surface area contributed by atoms with Crippen molar-refractivity contribution >= 4 is 31.6 Å². The summed E-state index contributed by atoms with van der Waals surface area (Å²) in [6, 6.07) is 34.6. The Balaban J connectivity index is 1.65. The molecule has 1 N–H and O–H groups in total. The van der Waals surface area contributed by atoms with Crippen LogP contribution in [0.15, 0.2) is 109 Å². The Kier molecular flexibility index (Phi) is 10.8. The van der Waals surface area contributed by atoms with Crippen molar-refractivity contribution in [3.8, 4) is 5.75 Å². The third kappa shape index (κ3) is 8.66. The average molecular weight is 624 g/mol. The van der Waals surface area contributed by atoms with Crippen molar-refractivity contribution in [2.24, 2.45) is 0 Å². The molecule has 0 radical (unpaired) electrons. The van der Waals surface area contributed by atoms with Gasteiger partial charge in [-0.15, -0.1) is 0 Å². The summed E-state index contributed by atoms with van der Waals surface area (Å²) in [4.78, 5) is 2.17. The predicted molar refractivity (Wildman–Crippen MR) is 165 cm³/mol. The van der Waals surface area contributed by atoms with Gasteiger partial charge in [-0.05, 0) is 34.4 Å². The van der Waals surface area contributed by atoms with Gasteiger partial charge in [-0.1, -0.05) is 113 Å². The largest absolute Gasteiger partial charge is 0.487 e. The zero-order chi connectivity index (χ0) is 28.4. The molecule has 0 heterocycles. The summed E-state index contributed by atoms with van der Waals surface area (Å²) >= 11 is 3.53. The maximum absolute atomic E-state index is 13.1. The number of sulfonamides is 1. The molecule has 0 aromatic heterocycles. The molecule has 4 aromatic carbocycles. The zero-order valence-electron chi connectivity index (χ0n) is 22.6. The first-order chi connectivity index (χ1) is 19.3. The van der Waals surface area contributed by atoms with Gasteiger partial charge in [0.05, 0.1) is 24.6 Å². The first-order valence-corrected chi connectivity index (χ1v) is 16.1. The van der Waals surface area contributed by atoms with Crippen molar-refractivity contribution < 1.29 is 18.3 Å². The maximum Gasteiger partial charge on any atom is 0.232 e. The van der Waals surface area contributed by atoms with Crippen LogP contribution in [0.2, 0.25) is 0 Å². The number of halogens is 1. The predicted octanol–water partition coefficient (Wildman–Crippen LogP) is 6.16. The van der Waals surface area contributed by atoms with Crippen LogP contribution in [0.5, 0.6) is 5.75 Å². The van der Waals surface area contributed by atoms with E-state index in [-0.39, 0.29) is 13.2 Å². The number of aliphatic hydroxyl groups excluding tert-OH is 1. The lowest BCUT2D eigenvalue weighted by Crippen LogP contribution is -2.31. The normalized spacial score (nSPS) is 12.3. The van der Waals surface area contributed by atoms with E-state index in [0.717, 1.165) is 28.6 Å². The molecule has 6 nitrogen and oxygen atoms in total. The van der Waals surface area contributed by atoms with Crippen molar-refractivity contribution in [1.29, 1.82) is 0 Å². The van der Waals surface area contributed by atoms with Gasteiger partial charge < -0.3 is 9.84 Å². The summed E-state index contributed by atoms with van der Waals surface area (Å²) in [6.07, 6.45) is 0.361. The molecule has 0 spiro atoms. The number of nitrogens with zero attached hydrogens (tertiary/aromatic N) is 2. The van der Waals surface area contributed by atoms with E-state index in [0.29, 0.717) is 30.1 Å². The van der Waals surface area contributed by atoms with Gasteiger partial charge in [-0.2, -0.15) is 0 Å².